The quantitative estimate of drug-likeness (QED) is 0.725. The predicted octanol–water partition coefficient (Wildman–Crippen LogP) is 4.06. The van der Waals surface area contributed by atoms with E-state index >= 15 is 0 Å². The van der Waals surface area contributed by atoms with Crippen LogP contribution in [-0.2, 0) is 0 Å². The number of halogens is 1. The zero-order chi connectivity index (χ0) is 18.1. The third-order valence-corrected chi connectivity index (χ3v) is 4.91. The molecule has 3 N–H and O–H groups in total. The summed E-state index contributed by atoms with van der Waals surface area (Å²) in [5.74, 6) is 1.76. The first-order chi connectivity index (χ1) is 12.7. The molecule has 26 heavy (non-hydrogen) atoms. The van der Waals surface area contributed by atoms with Crippen LogP contribution >= 0.6 is 11.6 Å². The number of anilines is 2. The molecule has 0 bridgehead atoms. The first kappa shape index (κ1) is 16.7. The Morgan fingerprint density at radius 1 is 1.23 bits per heavy atom. The van der Waals surface area contributed by atoms with E-state index in [-0.39, 0.29) is 18.0 Å². The van der Waals surface area contributed by atoms with Crippen LogP contribution in [0.25, 0.3) is 0 Å². The summed E-state index contributed by atoms with van der Waals surface area (Å²) >= 11 is 6.45. The van der Waals surface area contributed by atoms with Gasteiger partial charge in [-0.15, -0.1) is 5.10 Å². The molecular formula is C19H20ClN5O. The maximum atomic E-state index is 6.45. The number of nitrogen functional groups attached to an aromatic ring is 1. The van der Waals surface area contributed by atoms with Crippen LogP contribution in [0, 0.1) is 0 Å². The van der Waals surface area contributed by atoms with Crippen LogP contribution in [0.5, 0.6) is 5.75 Å². The minimum absolute atomic E-state index is 0.0404. The molecule has 1 aliphatic rings. The Morgan fingerprint density at radius 2 is 2.00 bits per heavy atom. The highest BCUT2D eigenvalue weighted by molar-refractivity contribution is 6.31. The fraction of sp³-hybridized carbons (Fsp3) is 0.263. The van der Waals surface area contributed by atoms with Crippen LogP contribution in [0.2, 0.25) is 5.02 Å². The Morgan fingerprint density at radius 3 is 2.73 bits per heavy atom. The van der Waals surface area contributed by atoms with Gasteiger partial charge in [0.25, 0.3) is 0 Å². The molecular weight excluding hydrogens is 350 g/mol. The molecule has 1 aromatic heterocycles. The average Bonchev–Trinajstić information content (AvgIpc) is 3.02. The number of fused-ring (bicyclic) bond motifs is 1. The third-order valence-electron chi connectivity index (χ3n) is 4.56. The number of benzene rings is 2. The number of ether oxygens (including phenoxy) is 1. The van der Waals surface area contributed by atoms with E-state index in [0.717, 1.165) is 23.3 Å². The lowest BCUT2D eigenvalue weighted by atomic mass is 9.93. The minimum Gasteiger partial charge on any atom is -0.494 e. The van der Waals surface area contributed by atoms with Gasteiger partial charge in [0.2, 0.25) is 11.9 Å². The molecule has 0 fully saturated rings. The van der Waals surface area contributed by atoms with Gasteiger partial charge in [0.05, 0.1) is 18.7 Å². The van der Waals surface area contributed by atoms with Gasteiger partial charge >= 0.3 is 0 Å². The van der Waals surface area contributed by atoms with Gasteiger partial charge in [0.1, 0.15) is 5.75 Å². The second-order valence-electron chi connectivity index (χ2n) is 6.21. The molecule has 0 saturated heterocycles. The Bertz CT molecular complexity index is 909. The average molecular weight is 370 g/mol. The van der Waals surface area contributed by atoms with E-state index in [0.29, 0.717) is 17.6 Å². The molecule has 2 atom stereocenters. The van der Waals surface area contributed by atoms with E-state index in [9.17, 15) is 0 Å². The molecule has 0 radical (unpaired) electrons. The third kappa shape index (κ3) is 3.08. The van der Waals surface area contributed by atoms with Crippen molar-refractivity contribution in [1.29, 1.82) is 0 Å². The van der Waals surface area contributed by atoms with Crippen molar-refractivity contribution in [3.8, 4) is 5.75 Å². The summed E-state index contributed by atoms with van der Waals surface area (Å²) in [6.45, 7) is 2.63. The Hall–Kier alpha value is -2.73. The summed E-state index contributed by atoms with van der Waals surface area (Å²) in [4.78, 5) is 4.33. The van der Waals surface area contributed by atoms with Gasteiger partial charge in [-0.05, 0) is 42.7 Å². The fourth-order valence-electron chi connectivity index (χ4n) is 3.38. The summed E-state index contributed by atoms with van der Waals surface area (Å²) in [7, 11) is 0. The van der Waals surface area contributed by atoms with Crippen molar-refractivity contribution >= 4 is 23.5 Å². The highest BCUT2D eigenvalue weighted by atomic mass is 35.5. The summed E-state index contributed by atoms with van der Waals surface area (Å²) < 4.78 is 7.35. The van der Waals surface area contributed by atoms with Gasteiger partial charge < -0.3 is 15.8 Å². The highest BCUT2D eigenvalue weighted by Crippen LogP contribution is 2.40. The molecule has 0 spiro atoms. The smallest absolute Gasteiger partial charge is 0.241 e. The molecule has 6 nitrogen and oxygen atoms in total. The monoisotopic (exact) mass is 369 g/mol. The molecule has 7 heteroatoms. The largest absolute Gasteiger partial charge is 0.494 e. The summed E-state index contributed by atoms with van der Waals surface area (Å²) in [6, 6.07) is 16.0. The van der Waals surface area contributed by atoms with E-state index in [1.165, 1.54) is 0 Å². The van der Waals surface area contributed by atoms with Crippen LogP contribution in [0.1, 0.15) is 36.6 Å². The second kappa shape index (κ2) is 6.88. The lowest BCUT2D eigenvalue weighted by molar-refractivity contribution is 0.340. The topological polar surface area (TPSA) is 78.0 Å². The highest BCUT2D eigenvalue weighted by Gasteiger charge is 2.31. The van der Waals surface area contributed by atoms with E-state index in [1.54, 1.807) is 0 Å². The lowest BCUT2D eigenvalue weighted by Gasteiger charge is -2.32. The summed E-state index contributed by atoms with van der Waals surface area (Å²) in [5.41, 5.74) is 8.00. The molecule has 0 aliphatic carbocycles. The fourth-order valence-corrected chi connectivity index (χ4v) is 3.64. The molecule has 134 valence electrons. The number of aromatic nitrogens is 3. The van der Waals surface area contributed by atoms with Crippen molar-refractivity contribution in [1.82, 2.24) is 14.8 Å². The number of nitrogens with two attached hydrogens (primary N) is 1. The first-order valence-electron chi connectivity index (χ1n) is 8.61. The normalized spacial score (nSPS) is 18.8. The number of hydrogen-bond donors (Lipinski definition) is 2. The maximum absolute atomic E-state index is 6.45. The lowest BCUT2D eigenvalue weighted by Crippen LogP contribution is -2.28. The number of nitrogens with zero attached hydrogens (tertiary/aromatic N) is 3. The number of hydrogen-bond acceptors (Lipinski definition) is 5. The molecule has 0 amide bonds. The molecule has 0 unspecified atom stereocenters. The van der Waals surface area contributed by atoms with Crippen molar-refractivity contribution in [3.05, 3.63) is 64.7 Å². The van der Waals surface area contributed by atoms with Gasteiger partial charge in [-0.3, -0.25) is 0 Å². The summed E-state index contributed by atoms with van der Waals surface area (Å²) in [5, 5.41) is 8.50. The van der Waals surface area contributed by atoms with Crippen LogP contribution in [0.15, 0.2) is 48.5 Å². The summed E-state index contributed by atoms with van der Waals surface area (Å²) in [6.07, 6.45) is 0.785. The zero-order valence-electron chi connectivity index (χ0n) is 14.4. The van der Waals surface area contributed by atoms with Gasteiger partial charge in [-0.1, -0.05) is 41.9 Å². The zero-order valence-corrected chi connectivity index (χ0v) is 15.1. The Balaban J connectivity index is 1.70. The predicted molar refractivity (Wildman–Crippen MR) is 103 cm³/mol. The van der Waals surface area contributed by atoms with Crippen molar-refractivity contribution in [2.45, 2.75) is 25.4 Å². The van der Waals surface area contributed by atoms with Crippen LogP contribution < -0.4 is 15.8 Å². The molecule has 2 aromatic carbocycles. The van der Waals surface area contributed by atoms with Gasteiger partial charge in [0.15, 0.2) is 0 Å². The maximum Gasteiger partial charge on any atom is 0.241 e. The van der Waals surface area contributed by atoms with Gasteiger partial charge in [-0.2, -0.15) is 4.98 Å². The van der Waals surface area contributed by atoms with Gasteiger partial charge in [-0.25, -0.2) is 4.68 Å². The van der Waals surface area contributed by atoms with Gasteiger partial charge in [0, 0.05) is 5.02 Å². The van der Waals surface area contributed by atoms with Crippen LogP contribution in [0.3, 0.4) is 0 Å². The van der Waals surface area contributed by atoms with Crippen LogP contribution in [0.4, 0.5) is 11.9 Å². The molecule has 4 rings (SSSR count). The molecule has 3 aromatic rings. The van der Waals surface area contributed by atoms with E-state index in [1.807, 2.05) is 48.0 Å². The Labute approximate surface area is 156 Å². The van der Waals surface area contributed by atoms with E-state index < -0.39 is 0 Å². The number of nitrogens with one attached hydrogen (secondary N) is 1. The Kier molecular flexibility index (Phi) is 4.42. The van der Waals surface area contributed by atoms with Crippen molar-refractivity contribution in [3.63, 3.8) is 0 Å². The first-order valence-corrected chi connectivity index (χ1v) is 8.99. The van der Waals surface area contributed by atoms with Crippen molar-refractivity contribution in [2.75, 3.05) is 17.7 Å². The number of rotatable bonds is 4. The molecule has 1 aliphatic heterocycles. The molecule has 2 heterocycles. The van der Waals surface area contributed by atoms with Crippen molar-refractivity contribution < 1.29 is 4.74 Å². The van der Waals surface area contributed by atoms with E-state index in [4.69, 9.17) is 22.1 Å². The van der Waals surface area contributed by atoms with Crippen LogP contribution in [-0.4, -0.2) is 21.4 Å². The minimum atomic E-state index is -0.0404. The van der Waals surface area contributed by atoms with E-state index in [2.05, 4.69) is 27.5 Å². The standard InChI is InChI=1S/C19H20ClN5O/c1-2-26-13-9-7-12(8-10-13)16-11-17(14-5-3-4-6-15(14)20)25-19(22-16)23-18(21)24-25/h3-10,16-17H,2,11H2,1H3,(H3,21,22,23,24)/t16-,17+/m0/s1. The molecule has 0 saturated carbocycles. The van der Waals surface area contributed by atoms with Crippen molar-refractivity contribution in [2.24, 2.45) is 0 Å². The SMILES string of the molecule is CCOc1ccc([C@@H]2C[C@H](c3ccccc3Cl)n3nc(N)nc3N2)cc1. The second-order valence-corrected chi connectivity index (χ2v) is 6.62.